The lowest BCUT2D eigenvalue weighted by Crippen LogP contribution is -2.27. The fraction of sp³-hybridized carbons (Fsp3) is 1.00. The summed E-state index contributed by atoms with van der Waals surface area (Å²) >= 11 is 0. The zero-order valence-electron chi connectivity index (χ0n) is 8.85. The number of fused-ring (bicyclic) bond motifs is 1. The first-order valence-electron chi connectivity index (χ1n) is 5.10. The first-order valence-corrected chi connectivity index (χ1v) is 5.10. The zero-order chi connectivity index (χ0) is 9.19. The van der Waals surface area contributed by atoms with E-state index in [1.807, 2.05) is 13.8 Å². The van der Waals surface area contributed by atoms with Gasteiger partial charge >= 0.3 is 0 Å². The summed E-state index contributed by atoms with van der Waals surface area (Å²) in [6.07, 6.45) is 0. The Labute approximate surface area is 76.3 Å². The predicted molar refractivity (Wildman–Crippen MR) is 53.3 cm³/mol. The van der Waals surface area contributed by atoms with E-state index in [9.17, 15) is 0 Å². The number of hydrogen-bond acceptors (Lipinski definition) is 2. The van der Waals surface area contributed by atoms with Crippen molar-refractivity contribution in [1.29, 1.82) is 0 Å². The van der Waals surface area contributed by atoms with Gasteiger partial charge in [0.05, 0.1) is 0 Å². The molecule has 0 aromatic heterocycles. The van der Waals surface area contributed by atoms with Gasteiger partial charge < -0.3 is 10.2 Å². The predicted octanol–water partition coefficient (Wildman–Crippen LogP) is 1.18. The summed E-state index contributed by atoms with van der Waals surface area (Å²) in [5, 5.41) is 3.46. The molecule has 72 valence electrons. The standard InChI is InChI=1S/C8H16N2.C2H6/c1-8-5-9-3-7(8)4-10(2)6-8;1-2/h7,9H,3-6H2,1-2H3;1-2H3. The highest BCUT2D eigenvalue weighted by Crippen LogP contribution is 2.37. The van der Waals surface area contributed by atoms with E-state index in [0.717, 1.165) is 5.92 Å². The highest BCUT2D eigenvalue weighted by molar-refractivity contribution is 4.99. The van der Waals surface area contributed by atoms with Crippen molar-refractivity contribution in [3.05, 3.63) is 0 Å². The maximum atomic E-state index is 3.46. The Morgan fingerprint density at radius 2 is 2.08 bits per heavy atom. The minimum absolute atomic E-state index is 0.592. The van der Waals surface area contributed by atoms with Gasteiger partial charge in [0.2, 0.25) is 0 Å². The summed E-state index contributed by atoms with van der Waals surface area (Å²) in [7, 11) is 2.23. The first kappa shape index (κ1) is 10.0. The molecule has 2 atom stereocenters. The SMILES string of the molecule is CC.CN1CC2CNCC2(C)C1. The third kappa shape index (κ3) is 1.64. The van der Waals surface area contributed by atoms with E-state index in [-0.39, 0.29) is 0 Å². The average molecular weight is 170 g/mol. The van der Waals surface area contributed by atoms with Crippen LogP contribution < -0.4 is 5.32 Å². The molecule has 12 heavy (non-hydrogen) atoms. The topological polar surface area (TPSA) is 15.3 Å². The molecule has 1 N–H and O–H groups in total. The molecule has 0 saturated carbocycles. The fourth-order valence-corrected chi connectivity index (χ4v) is 2.45. The lowest BCUT2D eigenvalue weighted by atomic mass is 9.83. The Hall–Kier alpha value is -0.0800. The van der Waals surface area contributed by atoms with Crippen LogP contribution in [0.2, 0.25) is 0 Å². The van der Waals surface area contributed by atoms with Crippen molar-refractivity contribution in [2.75, 3.05) is 33.2 Å². The Morgan fingerprint density at radius 1 is 1.42 bits per heavy atom. The van der Waals surface area contributed by atoms with Crippen LogP contribution in [0.5, 0.6) is 0 Å². The fourth-order valence-electron chi connectivity index (χ4n) is 2.45. The molecule has 2 heteroatoms. The minimum atomic E-state index is 0.592. The molecule has 2 heterocycles. The highest BCUT2D eigenvalue weighted by atomic mass is 15.2. The van der Waals surface area contributed by atoms with Gasteiger partial charge in [-0.1, -0.05) is 20.8 Å². The van der Waals surface area contributed by atoms with Gasteiger partial charge in [0.25, 0.3) is 0 Å². The largest absolute Gasteiger partial charge is 0.316 e. The molecule has 0 aliphatic carbocycles. The molecular formula is C10H22N2. The van der Waals surface area contributed by atoms with Crippen LogP contribution in [0.4, 0.5) is 0 Å². The number of rotatable bonds is 0. The molecule has 2 rings (SSSR count). The number of likely N-dealkylation sites (tertiary alicyclic amines) is 1. The van der Waals surface area contributed by atoms with Crippen LogP contribution in [0.3, 0.4) is 0 Å². The zero-order valence-corrected chi connectivity index (χ0v) is 8.85. The number of nitrogens with one attached hydrogen (secondary N) is 1. The van der Waals surface area contributed by atoms with Gasteiger partial charge in [-0.2, -0.15) is 0 Å². The number of hydrogen-bond donors (Lipinski definition) is 1. The second kappa shape index (κ2) is 3.75. The Bertz CT molecular complexity index is 147. The third-order valence-corrected chi connectivity index (χ3v) is 3.07. The quantitative estimate of drug-likeness (QED) is 0.587. The normalized spacial score (nSPS) is 40.5. The molecule has 0 aromatic rings. The maximum Gasteiger partial charge on any atom is 0.00482 e. The van der Waals surface area contributed by atoms with E-state index < -0.39 is 0 Å². The molecule has 2 aliphatic rings. The summed E-state index contributed by atoms with van der Waals surface area (Å²) in [6, 6.07) is 0. The molecule has 2 aliphatic heterocycles. The average Bonchev–Trinajstić information content (AvgIpc) is 2.46. The van der Waals surface area contributed by atoms with Gasteiger partial charge in [-0.05, 0) is 24.9 Å². The third-order valence-electron chi connectivity index (χ3n) is 3.07. The van der Waals surface area contributed by atoms with E-state index in [1.54, 1.807) is 0 Å². The highest BCUT2D eigenvalue weighted by Gasteiger charge is 2.44. The van der Waals surface area contributed by atoms with E-state index in [0.29, 0.717) is 5.41 Å². The van der Waals surface area contributed by atoms with Gasteiger partial charge in [0.1, 0.15) is 0 Å². The molecule has 2 saturated heterocycles. The summed E-state index contributed by atoms with van der Waals surface area (Å²) in [5.74, 6) is 0.914. The Kier molecular flexibility index (Phi) is 3.13. The molecule has 0 aromatic carbocycles. The van der Waals surface area contributed by atoms with Crippen LogP contribution in [0.25, 0.3) is 0 Å². The van der Waals surface area contributed by atoms with Gasteiger partial charge in [0.15, 0.2) is 0 Å². The second-order valence-corrected chi connectivity index (χ2v) is 4.18. The minimum Gasteiger partial charge on any atom is -0.316 e. The number of nitrogens with zero attached hydrogens (tertiary/aromatic N) is 1. The van der Waals surface area contributed by atoms with E-state index in [1.165, 1.54) is 26.2 Å². The second-order valence-electron chi connectivity index (χ2n) is 4.18. The van der Waals surface area contributed by atoms with Gasteiger partial charge in [-0.25, -0.2) is 0 Å². The van der Waals surface area contributed by atoms with Gasteiger partial charge in [0, 0.05) is 19.6 Å². The van der Waals surface area contributed by atoms with Crippen molar-refractivity contribution >= 4 is 0 Å². The summed E-state index contributed by atoms with van der Waals surface area (Å²) in [4.78, 5) is 2.45. The molecule has 2 unspecified atom stereocenters. The van der Waals surface area contributed by atoms with E-state index >= 15 is 0 Å². The molecule has 0 radical (unpaired) electrons. The molecular weight excluding hydrogens is 148 g/mol. The summed E-state index contributed by atoms with van der Waals surface area (Å²) in [6.45, 7) is 11.4. The molecule has 0 spiro atoms. The van der Waals surface area contributed by atoms with Crippen LogP contribution in [0.15, 0.2) is 0 Å². The van der Waals surface area contributed by atoms with Crippen molar-refractivity contribution in [1.82, 2.24) is 10.2 Å². The van der Waals surface area contributed by atoms with Gasteiger partial charge in [-0.3, -0.25) is 0 Å². The van der Waals surface area contributed by atoms with Gasteiger partial charge in [-0.15, -0.1) is 0 Å². The van der Waals surface area contributed by atoms with Crippen molar-refractivity contribution in [2.45, 2.75) is 20.8 Å². The van der Waals surface area contributed by atoms with Crippen molar-refractivity contribution < 1.29 is 0 Å². The van der Waals surface area contributed by atoms with E-state index in [4.69, 9.17) is 0 Å². The van der Waals surface area contributed by atoms with Crippen LogP contribution in [0, 0.1) is 11.3 Å². The van der Waals surface area contributed by atoms with Crippen LogP contribution in [0.1, 0.15) is 20.8 Å². The molecule has 2 nitrogen and oxygen atoms in total. The van der Waals surface area contributed by atoms with E-state index in [2.05, 4.69) is 24.2 Å². The van der Waals surface area contributed by atoms with Crippen LogP contribution in [-0.2, 0) is 0 Å². The maximum absolute atomic E-state index is 3.46. The smallest absolute Gasteiger partial charge is 0.00482 e. The van der Waals surface area contributed by atoms with Crippen molar-refractivity contribution in [3.8, 4) is 0 Å². The van der Waals surface area contributed by atoms with Crippen LogP contribution >= 0.6 is 0 Å². The molecule has 2 fully saturated rings. The Morgan fingerprint density at radius 3 is 2.67 bits per heavy atom. The summed E-state index contributed by atoms with van der Waals surface area (Å²) < 4.78 is 0. The Balaban J connectivity index is 0.000000336. The van der Waals surface area contributed by atoms with Crippen molar-refractivity contribution in [3.63, 3.8) is 0 Å². The summed E-state index contributed by atoms with van der Waals surface area (Å²) in [5.41, 5.74) is 0.592. The molecule has 0 bridgehead atoms. The van der Waals surface area contributed by atoms with Crippen molar-refractivity contribution in [2.24, 2.45) is 11.3 Å². The first-order chi connectivity index (χ1) is 5.71. The molecule has 0 amide bonds. The lowest BCUT2D eigenvalue weighted by Gasteiger charge is -2.20. The monoisotopic (exact) mass is 170 g/mol. The lowest BCUT2D eigenvalue weighted by molar-refractivity contribution is 0.309. The van der Waals surface area contributed by atoms with Crippen LogP contribution in [-0.4, -0.2) is 38.1 Å².